The first-order chi connectivity index (χ1) is 19.4. The second kappa shape index (κ2) is 12.5. The van der Waals surface area contributed by atoms with E-state index >= 15 is 0 Å². The molecular formula is C31H33Cl2N5O2. The van der Waals surface area contributed by atoms with Crippen LogP contribution in [0.2, 0.25) is 10.0 Å². The summed E-state index contributed by atoms with van der Waals surface area (Å²) in [6.07, 6.45) is 3.03. The fourth-order valence-electron chi connectivity index (χ4n) is 5.73. The van der Waals surface area contributed by atoms with E-state index in [1.165, 1.54) is 0 Å². The molecule has 1 aliphatic rings. The number of rotatable bonds is 9. The minimum atomic E-state index is -0.875. The molecule has 3 aromatic carbocycles. The fraction of sp³-hybridized carbons (Fsp3) is 0.323. The number of hydrogen-bond donors (Lipinski definition) is 2. The van der Waals surface area contributed by atoms with Gasteiger partial charge in [-0.05, 0) is 61.2 Å². The quantitative estimate of drug-likeness (QED) is 0.258. The van der Waals surface area contributed by atoms with E-state index in [9.17, 15) is 9.90 Å². The molecule has 5 rings (SSSR count). The Balaban J connectivity index is 1.35. The monoisotopic (exact) mass is 577 g/mol. The molecule has 1 saturated heterocycles. The van der Waals surface area contributed by atoms with Gasteiger partial charge in [0.05, 0.1) is 33.2 Å². The van der Waals surface area contributed by atoms with Crippen LogP contribution in [0, 0.1) is 0 Å². The van der Waals surface area contributed by atoms with Crippen LogP contribution in [-0.2, 0) is 10.3 Å². The van der Waals surface area contributed by atoms with Crippen LogP contribution in [0.3, 0.4) is 0 Å². The van der Waals surface area contributed by atoms with E-state index in [1.54, 1.807) is 23.9 Å². The van der Waals surface area contributed by atoms with E-state index in [0.717, 1.165) is 49.3 Å². The standard InChI is InChI=1S/C31H33Cl2N5O2/c1-22(39)35-31(24-8-4-2-5-9-24)15-18-37(19-16-31)17-14-26(23-12-13-27(32)28(33)20-23)30(40)29-21-34-36-38(29)25-10-6-3-7-11-25/h2-13,20-21,26,30,40H,14-19H2,1H3,(H,35,39)/t26-,30-/m0/s1. The molecule has 2 atom stereocenters. The van der Waals surface area contributed by atoms with Gasteiger partial charge in [0.2, 0.25) is 5.91 Å². The van der Waals surface area contributed by atoms with Crippen molar-refractivity contribution < 1.29 is 9.90 Å². The number of carbonyl (C=O) groups is 1. The molecule has 2 N–H and O–H groups in total. The van der Waals surface area contributed by atoms with E-state index in [4.69, 9.17) is 23.2 Å². The highest BCUT2D eigenvalue weighted by Gasteiger charge is 2.37. The Morgan fingerprint density at radius 1 is 1.00 bits per heavy atom. The summed E-state index contributed by atoms with van der Waals surface area (Å²) in [6.45, 7) is 3.99. The number of amides is 1. The molecular weight excluding hydrogens is 545 g/mol. The Kier molecular flexibility index (Phi) is 8.86. The van der Waals surface area contributed by atoms with Gasteiger partial charge < -0.3 is 15.3 Å². The Morgan fingerprint density at radius 2 is 1.68 bits per heavy atom. The number of aromatic nitrogens is 3. The number of aliphatic hydroxyl groups excluding tert-OH is 1. The lowest BCUT2D eigenvalue weighted by Gasteiger charge is -2.43. The Bertz CT molecular complexity index is 1420. The largest absolute Gasteiger partial charge is 0.386 e. The number of aliphatic hydroxyl groups is 1. The van der Waals surface area contributed by atoms with Gasteiger partial charge in [0, 0.05) is 25.9 Å². The third-order valence-corrected chi connectivity index (χ3v) is 8.58. The normalized spacial score (nSPS) is 16.8. The average Bonchev–Trinajstić information content (AvgIpc) is 3.47. The van der Waals surface area contributed by atoms with Crippen molar-refractivity contribution in [2.24, 2.45) is 0 Å². The lowest BCUT2D eigenvalue weighted by molar-refractivity contribution is -0.121. The van der Waals surface area contributed by atoms with Crippen LogP contribution < -0.4 is 5.32 Å². The SMILES string of the molecule is CC(=O)NC1(c2ccccc2)CCN(CC[C@@H](c2ccc(Cl)c(Cl)c2)[C@H](O)c2cnnn2-c2ccccc2)CC1. The molecule has 0 radical (unpaired) electrons. The minimum Gasteiger partial charge on any atom is -0.386 e. The number of likely N-dealkylation sites (tertiary alicyclic amines) is 1. The third kappa shape index (κ3) is 6.23. The summed E-state index contributed by atoms with van der Waals surface area (Å²) in [4.78, 5) is 14.5. The molecule has 0 unspecified atom stereocenters. The van der Waals surface area contributed by atoms with E-state index in [1.807, 2.05) is 60.7 Å². The van der Waals surface area contributed by atoms with Crippen molar-refractivity contribution in [3.63, 3.8) is 0 Å². The predicted molar refractivity (Wildman–Crippen MR) is 158 cm³/mol. The van der Waals surface area contributed by atoms with E-state index < -0.39 is 6.10 Å². The highest BCUT2D eigenvalue weighted by Crippen LogP contribution is 2.38. The van der Waals surface area contributed by atoms with Gasteiger partial charge in [-0.25, -0.2) is 4.68 Å². The van der Waals surface area contributed by atoms with Gasteiger partial charge in [-0.15, -0.1) is 5.10 Å². The maximum atomic E-state index is 12.1. The highest BCUT2D eigenvalue weighted by molar-refractivity contribution is 6.42. The summed E-state index contributed by atoms with van der Waals surface area (Å²) >= 11 is 12.6. The molecule has 208 valence electrons. The molecule has 1 aliphatic heterocycles. The molecule has 40 heavy (non-hydrogen) atoms. The number of hydrogen-bond acceptors (Lipinski definition) is 5. The zero-order valence-electron chi connectivity index (χ0n) is 22.4. The Labute approximate surface area is 244 Å². The van der Waals surface area contributed by atoms with E-state index in [2.05, 4.69) is 32.7 Å². The van der Waals surface area contributed by atoms with Crippen LogP contribution in [0.4, 0.5) is 0 Å². The second-order valence-electron chi connectivity index (χ2n) is 10.4. The smallest absolute Gasteiger partial charge is 0.217 e. The first-order valence-electron chi connectivity index (χ1n) is 13.5. The first-order valence-corrected chi connectivity index (χ1v) is 14.3. The van der Waals surface area contributed by atoms with Gasteiger partial charge in [-0.3, -0.25) is 4.79 Å². The van der Waals surface area contributed by atoms with Gasteiger partial charge in [-0.2, -0.15) is 0 Å². The zero-order valence-corrected chi connectivity index (χ0v) is 23.9. The lowest BCUT2D eigenvalue weighted by Crippen LogP contribution is -2.52. The molecule has 0 saturated carbocycles. The summed E-state index contributed by atoms with van der Waals surface area (Å²) < 4.78 is 1.68. The molecule has 0 bridgehead atoms. The maximum absolute atomic E-state index is 12.1. The molecule has 2 heterocycles. The highest BCUT2D eigenvalue weighted by atomic mass is 35.5. The van der Waals surface area contributed by atoms with Crippen LogP contribution in [0.15, 0.2) is 85.1 Å². The third-order valence-electron chi connectivity index (χ3n) is 7.84. The van der Waals surface area contributed by atoms with Crippen molar-refractivity contribution in [3.05, 3.63) is 112 Å². The number of halogens is 2. The molecule has 4 aromatic rings. The molecule has 9 heteroatoms. The van der Waals surface area contributed by atoms with Gasteiger partial charge in [0.15, 0.2) is 0 Å². The van der Waals surface area contributed by atoms with Crippen molar-refractivity contribution in [2.75, 3.05) is 19.6 Å². The number of nitrogens with one attached hydrogen (secondary N) is 1. The van der Waals surface area contributed by atoms with Gasteiger partial charge in [0.25, 0.3) is 0 Å². The van der Waals surface area contributed by atoms with E-state index in [-0.39, 0.29) is 17.4 Å². The van der Waals surface area contributed by atoms with Crippen LogP contribution in [0.25, 0.3) is 5.69 Å². The number of carbonyl (C=O) groups excluding carboxylic acids is 1. The molecule has 0 aliphatic carbocycles. The molecule has 1 aromatic heterocycles. The van der Waals surface area contributed by atoms with Crippen molar-refractivity contribution >= 4 is 29.1 Å². The van der Waals surface area contributed by atoms with E-state index in [0.29, 0.717) is 22.2 Å². The summed E-state index contributed by atoms with van der Waals surface area (Å²) in [6, 6.07) is 25.4. The maximum Gasteiger partial charge on any atom is 0.217 e. The Morgan fingerprint density at radius 3 is 2.33 bits per heavy atom. The fourth-order valence-corrected chi connectivity index (χ4v) is 6.04. The van der Waals surface area contributed by atoms with Gasteiger partial charge in [0.1, 0.15) is 6.10 Å². The minimum absolute atomic E-state index is 0.0243. The number of nitrogens with zero attached hydrogens (tertiary/aromatic N) is 4. The van der Waals surface area contributed by atoms with Gasteiger partial charge >= 0.3 is 0 Å². The number of para-hydroxylation sites is 1. The zero-order chi connectivity index (χ0) is 28.1. The van der Waals surface area contributed by atoms with Crippen molar-refractivity contribution in [1.29, 1.82) is 0 Å². The number of benzene rings is 3. The number of piperidine rings is 1. The summed E-state index contributed by atoms with van der Waals surface area (Å²) in [5.74, 6) is -0.296. The molecule has 1 fully saturated rings. The van der Waals surface area contributed by atoms with Crippen molar-refractivity contribution in [1.82, 2.24) is 25.2 Å². The van der Waals surface area contributed by atoms with Crippen molar-refractivity contribution in [2.45, 2.75) is 43.7 Å². The van der Waals surface area contributed by atoms with Crippen LogP contribution >= 0.6 is 23.2 Å². The topological polar surface area (TPSA) is 83.3 Å². The Hall–Kier alpha value is -3.23. The van der Waals surface area contributed by atoms with Crippen LogP contribution in [-0.4, -0.2) is 50.5 Å². The molecule has 1 amide bonds. The molecule has 7 nitrogen and oxygen atoms in total. The van der Waals surface area contributed by atoms with Crippen LogP contribution in [0.5, 0.6) is 0 Å². The predicted octanol–water partition coefficient (Wildman–Crippen LogP) is 5.91. The first kappa shape index (κ1) is 28.3. The van der Waals surface area contributed by atoms with Gasteiger partial charge in [-0.1, -0.05) is 83.0 Å². The second-order valence-corrected chi connectivity index (χ2v) is 11.2. The lowest BCUT2D eigenvalue weighted by atomic mass is 9.80. The summed E-state index contributed by atoms with van der Waals surface area (Å²) in [7, 11) is 0. The average molecular weight is 579 g/mol. The summed E-state index contributed by atoms with van der Waals surface area (Å²) in [5, 5.41) is 24.3. The van der Waals surface area contributed by atoms with Crippen molar-refractivity contribution in [3.8, 4) is 5.69 Å². The summed E-state index contributed by atoms with van der Waals surface area (Å²) in [5.41, 5.74) is 3.09. The van der Waals surface area contributed by atoms with Crippen LogP contribution in [0.1, 0.15) is 55.0 Å². The molecule has 0 spiro atoms.